The number of alkyl halides is 2. The van der Waals surface area contributed by atoms with E-state index in [0.29, 0.717) is 0 Å². The van der Waals surface area contributed by atoms with E-state index in [1.165, 1.54) is 0 Å². The van der Waals surface area contributed by atoms with Crippen LogP contribution in [0.25, 0.3) is 0 Å². The van der Waals surface area contributed by atoms with Crippen LogP contribution in [0.3, 0.4) is 0 Å². The van der Waals surface area contributed by atoms with Crippen molar-refractivity contribution in [2.24, 2.45) is 7.05 Å². The van der Waals surface area contributed by atoms with Crippen molar-refractivity contribution in [1.29, 1.82) is 0 Å². The summed E-state index contributed by atoms with van der Waals surface area (Å²) in [5.74, 6) is 0. The van der Waals surface area contributed by atoms with Gasteiger partial charge in [0.25, 0.3) is 6.43 Å². The fourth-order valence-corrected chi connectivity index (χ4v) is 1.98. The van der Waals surface area contributed by atoms with Crippen molar-refractivity contribution in [2.75, 3.05) is 0 Å². The molecule has 0 aromatic carbocycles. The second-order valence-corrected chi connectivity index (χ2v) is 3.27. The molecule has 0 aliphatic heterocycles. The first kappa shape index (κ1) is 7.77. The maximum atomic E-state index is 12.4. The van der Waals surface area contributed by atoms with Crippen LogP contribution in [0.2, 0.25) is 0 Å². The molecule has 0 saturated heterocycles. The molecule has 2 rings (SSSR count). The molecule has 3 heteroatoms. The Hall–Kier alpha value is -0.860. The molecule has 0 N–H and O–H groups in total. The van der Waals surface area contributed by atoms with Gasteiger partial charge in [-0.05, 0) is 24.8 Å². The molecule has 0 unspecified atom stereocenters. The van der Waals surface area contributed by atoms with Crippen LogP contribution >= 0.6 is 0 Å². The molecule has 0 amide bonds. The van der Waals surface area contributed by atoms with Crippen molar-refractivity contribution >= 4 is 0 Å². The van der Waals surface area contributed by atoms with E-state index in [1.54, 1.807) is 6.20 Å². The fourth-order valence-electron chi connectivity index (χ4n) is 1.98. The third kappa shape index (κ3) is 0.958. The average Bonchev–Trinajstić information content (AvgIpc) is 2.53. The summed E-state index contributed by atoms with van der Waals surface area (Å²) >= 11 is 0. The first-order valence-corrected chi connectivity index (χ1v) is 4.15. The molecule has 1 aromatic rings. The first-order valence-electron chi connectivity index (χ1n) is 4.15. The molecule has 1 aliphatic carbocycles. The minimum Gasteiger partial charge on any atom is -0.354 e. The number of nitrogens with zero attached hydrogens (tertiary/aromatic N) is 1. The van der Waals surface area contributed by atoms with Crippen LogP contribution in [0.15, 0.2) is 6.20 Å². The summed E-state index contributed by atoms with van der Waals surface area (Å²) in [5, 5.41) is 0. The number of aromatic nitrogens is 1. The lowest BCUT2D eigenvalue weighted by Crippen LogP contribution is -1.90. The monoisotopic (exact) mass is 171 g/mol. The minimum absolute atomic E-state index is 0.241. The molecule has 0 fully saturated rings. The maximum Gasteiger partial charge on any atom is 0.265 e. The number of halogens is 2. The second-order valence-electron chi connectivity index (χ2n) is 3.27. The molecule has 0 radical (unpaired) electrons. The molecule has 1 heterocycles. The van der Waals surface area contributed by atoms with Crippen molar-refractivity contribution in [1.82, 2.24) is 4.57 Å². The molecule has 0 saturated carbocycles. The van der Waals surface area contributed by atoms with Gasteiger partial charge >= 0.3 is 0 Å². The van der Waals surface area contributed by atoms with E-state index >= 15 is 0 Å². The van der Waals surface area contributed by atoms with Gasteiger partial charge in [-0.25, -0.2) is 8.78 Å². The maximum absolute atomic E-state index is 12.4. The molecule has 1 nitrogen and oxygen atoms in total. The van der Waals surface area contributed by atoms with E-state index in [9.17, 15) is 8.78 Å². The molecule has 0 spiro atoms. The average molecular weight is 171 g/mol. The van der Waals surface area contributed by atoms with Gasteiger partial charge in [0.15, 0.2) is 0 Å². The van der Waals surface area contributed by atoms with Crippen LogP contribution in [0.5, 0.6) is 0 Å². The van der Waals surface area contributed by atoms with Crippen LogP contribution in [0, 0.1) is 0 Å². The van der Waals surface area contributed by atoms with Crippen LogP contribution < -0.4 is 0 Å². The molecular formula is C9H11F2N. The molecule has 0 atom stereocenters. The highest BCUT2D eigenvalue weighted by molar-refractivity contribution is 5.36. The van der Waals surface area contributed by atoms with Gasteiger partial charge in [0.2, 0.25) is 0 Å². The Bertz CT molecular complexity index is 302. The Morgan fingerprint density at radius 3 is 2.83 bits per heavy atom. The summed E-state index contributed by atoms with van der Waals surface area (Å²) in [4.78, 5) is 0. The third-order valence-electron chi connectivity index (χ3n) is 2.53. The van der Waals surface area contributed by atoms with Crippen molar-refractivity contribution in [2.45, 2.75) is 25.7 Å². The summed E-state index contributed by atoms with van der Waals surface area (Å²) in [5.41, 5.74) is 2.24. The first-order chi connectivity index (χ1) is 5.70. The van der Waals surface area contributed by atoms with E-state index in [0.717, 1.165) is 30.5 Å². The lowest BCUT2D eigenvalue weighted by molar-refractivity contribution is 0.150. The van der Waals surface area contributed by atoms with Gasteiger partial charge in [0.05, 0.1) is 0 Å². The zero-order chi connectivity index (χ0) is 8.72. The van der Waals surface area contributed by atoms with Crippen LogP contribution in [-0.2, 0) is 19.9 Å². The lowest BCUT2D eigenvalue weighted by Gasteiger charge is -1.96. The zero-order valence-electron chi connectivity index (χ0n) is 6.98. The van der Waals surface area contributed by atoms with Crippen LogP contribution in [0.1, 0.15) is 29.7 Å². The Morgan fingerprint density at radius 2 is 2.17 bits per heavy atom. The SMILES string of the molecule is Cn1cc(C(F)F)c2c1CCC2. The standard InChI is InChI=1S/C9H11F2N/c1-12-5-7(9(10)11)6-3-2-4-8(6)12/h5,9H,2-4H2,1H3. The highest BCUT2D eigenvalue weighted by Crippen LogP contribution is 2.32. The van der Waals surface area contributed by atoms with Gasteiger partial charge in [-0.15, -0.1) is 0 Å². The van der Waals surface area contributed by atoms with Gasteiger partial charge in [-0.2, -0.15) is 0 Å². The summed E-state index contributed by atoms with van der Waals surface area (Å²) < 4.78 is 26.7. The summed E-state index contributed by atoms with van der Waals surface area (Å²) in [6.45, 7) is 0. The predicted octanol–water partition coefficient (Wildman–Crippen LogP) is 2.45. The van der Waals surface area contributed by atoms with Gasteiger partial charge in [-0.3, -0.25) is 0 Å². The molecule has 0 bridgehead atoms. The van der Waals surface area contributed by atoms with Crippen molar-refractivity contribution in [3.8, 4) is 0 Å². The van der Waals surface area contributed by atoms with E-state index in [-0.39, 0.29) is 5.56 Å². The Labute approximate surface area is 70.0 Å². The molecular weight excluding hydrogens is 160 g/mol. The Balaban J connectivity index is 2.51. The number of rotatable bonds is 1. The van der Waals surface area contributed by atoms with Crippen molar-refractivity contribution in [3.63, 3.8) is 0 Å². The quantitative estimate of drug-likeness (QED) is 0.611. The van der Waals surface area contributed by atoms with E-state index in [4.69, 9.17) is 0 Å². The largest absolute Gasteiger partial charge is 0.354 e. The summed E-state index contributed by atoms with van der Waals surface area (Å²) in [6.07, 6.45) is 2.07. The Morgan fingerprint density at radius 1 is 1.42 bits per heavy atom. The highest BCUT2D eigenvalue weighted by atomic mass is 19.3. The summed E-state index contributed by atoms with van der Waals surface area (Å²) in [7, 11) is 1.84. The van der Waals surface area contributed by atoms with Gasteiger partial charge < -0.3 is 4.57 Å². The van der Waals surface area contributed by atoms with Crippen LogP contribution in [-0.4, -0.2) is 4.57 Å². The van der Waals surface area contributed by atoms with Gasteiger partial charge in [0, 0.05) is 24.5 Å². The van der Waals surface area contributed by atoms with Gasteiger partial charge in [0.1, 0.15) is 0 Å². The van der Waals surface area contributed by atoms with E-state index in [2.05, 4.69) is 0 Å². The van der Waals surface area contributed by atoms with E-state index in [1.807, 2.05) is 11.6 Å². The zero-order valence-corrected chi connectivity index (χ0v) is 6.98. The number of aryl methyl sites for hydroxylation is 1. The molecule has 1 aliphatic rings. The molecule has 1 aromatic heterocycles. The van der Waals surface area contributed by atoms with Crippen molar-refractivity contribution < 1.29 is 8.78 Å². The second kappa shape index (κ2) is 2.57. The minimum atomic E-state index is -2.31. The highest BCUT2D eigenvalue weighted by Gasteiger charge is 2.23. The summed E-state index contributed by atoms with van der Waals surface area (Å²) in [6, 6.07) is 0. The third-order valence-corrected chi connectivity index (χ3v) is 2.53. The smallest absolute Gasteiger partial charge is 0.265 e. The van der Waals surface area contributed by atoms with Crippen LogP contribution in [0.4, 0.5) is 8.78 Å². The Kier molecular flexibility index (Phi) is 1.67. The lowest BCUT2D eigenvalue weighted by atomic mass is 10.1. The topological polar surface area (TPSA) is 4.93 Å². The number of hydrogen-bond acceptors (Lipinski definition) is 0. The molecule has 12 heavy (non-hydrogen) atoms. The van der Waals surface area contributed by atoms with E-state index < -0.39 is 6.43 Å². The normalized spacial score (nSPS) is 15.7. The van der Waals surface area contributed by atoms with Crippen molar-refractivity contribution in [3.05, 3.63) is 23.0 Å². The number of hydrogen-bond donors (Lipinski definition) is 0. The van der Waals surface area contributed by atoms with Gasteiger partial charge in [-0.1, -0.05) is 0 Å². The molecule has 66 valence electrons. The number of fused-ring (bicyclic) bond motifs is 1. The fraction of sp³-hybridized carbons (Fsp3) is 0.556. The predicted molar refractivity (Wildman–Crippen MR) is 42.4 cm³/mol.